The zero-order valence-electron chi connectivity index (χ0n) is 31.2. The van der Waals surface area contributed by atoms with Gasteiger partial charge in [0.1, 0.15) is 12.1 Å². The molecule has 2 saturated heterocycles. The van der Waals surface area contributed by atoms with Crippen LogP contribution in [-0.4, -0.2) is 77.4 Å². The van der Waals surface area contributed by atoms with E-state index in [1.165, 1.54) is 11.1 Å². The number of rotatable bonds is 14. The van der Waals surface area contributed by atoms with Crippen molar-refractivity contribution in [2.75, 3.05) is 13.1 Å². The van der Waals surface area contributed by atoms with E-state index in [1.807, 2.05) is 48.5 Å². The van der Waals surface area contributed by atoms with Crippen molar-refractivity contribution < 1.29 is 28.8 Å². The van der Waals surface area contributed by atoms with Gasteiger partial charge < -0.3 is 29.1 Å². The first-order valence-electron chi connectivity index (χ1n) is 19.6. The lowest BCUT2D eigenvalue weighted by molar-refractivity contribution is 0.0688. The van der Waals surface area contributed by atoms with Crippen LogP contribution in [0.5, 0.6) is 0 Å². The van der Waals surface area contributed by atoms with Gasteiger partial charge in [0.2, 0.25) is 11.8 Å². The molecule has 288 valence electrons. The molecule has 0 unspecified atom stereocenters. The normalized spacial score (nSPS) is 19.6. The third-order valence-electron chi connectivity index (χ3n) is 10.9. The van der Waals surface area contributed by atoms with Crippen molar-refractivity contribution in [2.45, 2.75) is 88.5 Å². The van der Waals surface area contributed by atoms with Crippen LogP contribution in [0.25, 0.3) is 10.8 Å². The van der Waals surface area contributed by atoms with E-state index >= 15 is 0 Å². The Morgan fingerprint density at radius 2 is 0.982 bits per heavy atom. The fourth-order valence-corrected chi connectivity index (χ4v) is 7.91. The van der Waals surface area contributed by atoms with Crippen LogP contribution >= 0.6 is 0 Å². The maximum Gasteiger partial charge on any atom is 0.254 e. The minimum atomic E-state index is -0.712. The fourth-order valence-electron chi connectivity index (χ4n) is 7.91. The van der Waals surface area contributed by atoms with E-state index in [9.17, 15) is 19.8 Å². The molecule has 4 heterocycles. The molecule has 2 N–H and O–H groups in total. The number of fused-ring (bicyclic) bond motifs is 1. The largest absolute Gasteiger partial charge is 0.391 e. The minimum absolute atomic E-state index is 0.155. The van der Waals surface area contributed by atoms with Gasteiger partial charge in [-0.2, -0.15) is 9.97 Å². The highest BCUT2D eigenvalue weighted by Gasteiger charge is 2.40. The maximum absolute atomic E-state index is 13.9. The van der Waals surface area contributed by atoms with E-state index < -0.39 is 24.3 Å². The smallest absolute Gasteiger partial charge is 0.254 e. The van der Waals surface area contributed by atoms with Crippen LogP contribution in [-0.2, 0) is 25.7 Å². The van der Waals surface area contributed by atoms with E-state index in [1.54, 1.807) is 34.1 Å². The van der Waals surface area contributed by atoms with Gasteiger partial charge in [-0.05, 0) is 84.7 Å². The molecule has 4 atom stereocenters. The Bertz CT molecular complexity index is 2100. The van der Waals surface area contributed by atoms with Crippen LogP contribution in [0, 0.1) is 0 Å². The van der Waals surface area contributed by atoms with Crippen LogP contribution in [0.15, 0.2) is 106 Å². The van der Waals surface area contributed by atoms with Gasteiger partial charge >= 0.3 is 0 Å². The lowest BCUT2D eigenvalue weighted by Crippen LogP contribution is -2.32. The van der Waals surface area contributed by atoms with E-state index in [0.29, 0.717) is 60.2 Å². The van der Waals surface area contributed by atoms with Crippen molar-refractivity contribution in [3.63, 3.8) is 0 Å². The highest BCUT2D eigenvalue weighted by atomic mass is 16.5. The molecule has 0 aliphatic carbocycles. The number of aromatic nitrogens is 4. The molecule has 2 aromatic heterocycles. The van der Waals surface area contributed by atoms with Crippen LogP contribution in [0.1, 0.15) is 106 Å². The molecule has 2 aliphatic heterocycles. The maximum atomic E-state index is 13.9. The van der Waals surface area contributed by atoms with Crippen LogP contribution in [0.4, 0.5) is 0 Å². The number of likely N-dealkylation sites (tertiary alicyclic amines) is 2. The molecular formula is C44H46N6O6. The summed E-state index contributed by atoms with van der Waals surface area (Å²) in [5.41, 5.74) is 3.49. The number of benzene rings is 4. The Hall–Kier alpha value is -5.72. The number of aryl methyl sites for hydroxylation is 4. The monoisotopic (exact) mass is 754 g/mol. The zero-order chi connectivity index (χ0) is 38.4. The van der Waals surface area contributed by atoms with Gasteiger partial charge in [0.25, 0.3) is 11.8 Å². The second kappa shape index (κ2) is 17.0. The molecule has 12 nitrogen and oxygen atoms in total. The summed E-state index contributed by atoms with van der Waals surface area (Å²) in [6.45, 7) is 0.310. The summed E-state index contributed by atoms with van der Waals surface area (Å²) >= 11 is 0. The molecule has 6 aromatic rings. The van der Waals surface area contributed by atoms with E-state index in [0.717, 1.165) is 49.3 Å². The van der Waals surface area contributed by atoms with Gasteiger partial charge in [-0.3, -0.25) is 9.59 Å². The Balaban J connectivity index is 0.894. The second-order valence-corrected chi connectivity index (χ2v) is 15.0. The average Bonchev–Trinajstić information content (AvgIpc) is 4.05. The second-order valence-electron chi connectivity index (χ2n) is 15.0. The van der Waals surface area contributed by atoms with Crippen molar-refractivity contribution in [1.29, 1.82) is 0 Å². The van der Waals surface area contributed by atoms with Crippen molar-refractivity contribution in [3.05, 3.63) is 143 Å². The molecule has 12 heteroatoms. The van der Waals surface area contributed by atoms with E-state index in [4.69, 9.17) is 9.05 Å². The van der Waals surface area contributed by atoms with Gasteiger partial charge in [0.05, 0.1) is 12.2 Å². The van der Waals surface area contributed by atoms with Gasteiger partial charge in [0, 0.05) is 49.9 Å². The highest BCUT2D eigenvalue weighted by Crippen LogP contribution is 2.35. The molecular weight excluding hydrogens is 709 g/mol. The summed E-state index contributed by atoms with van der Waals surface area (Å²) < 4.78 is 11.2. The number of unbranched alkanes of at least 4 members (excludes halogenated alkanes) is 2. The molecule has 0 spiro atoms. The van der Waals surface area contributed by atoms with Gasteiger partial charge in [-0.1, -0.05) is 83.1 Å². The molecule has 2 amide bonds. The van der Waals surface area contributed by atoms with Crippen molar-refractivity contribution in [3.8, 4) is 0 Å². The summed E-state index contributed by atoms with van der Waals surface area (Å²) in [6.07, 6.45) is 6.31. The molecule has 0 bridgehead atoms. The number of nitrogens with zero attached hydrogens (tertiary/aromatic N) is 6. The third kappa shape index (κ3) is 8.56. The van der Waals surface area contributed by atoms with E-state index in [2.05, 4.69) is 44.5 Å². The summed E-state index contributed by atoms with van der Waals surface area (Å²) in [6, 6.07) is 30.3. The number of hydrogen-bond donors (Lipinski definition) is 2. The molecule has 4 aromatic carbocycles. The first kappa shape index (κ1) is 37.2. The Morgan fingerprint density at radius 3 is 1.41 bits per heavy atom. The zero-order valence-corrected chi connectivity index (χ0v) is 31.2. The highest BCUT2D eigenvalue weighted by molar-refractivity contribution is 6.02. The quantitative estimate of drug-likeness (QED) is 0.116. The van der Waals surface area contributed by atoms with Gasteiger partial charge in [-0.25, -0.2) is 0 Å². The lowest BCUT2D eigenvalue weighted by Gasteiger charge is -2.22. The molecule has 0 saturated carbocycles. The Labute approximate surface area is 325 Å². The van der Waals surface area contributed by atoms with Crippen molar-refractivity contribution in [1.82, 2.24) is 30.1 Å². The lowest BCUT2D eigenvalue weighted by atomic mass is 10.0. The minimum Gasteiger partial charge on any atom is -0.391 e. The number of β-amino-alcohol motifs (C(OH)–C–C–N with tert-alkyl or cyclic N) is 2. The number of carbonyl (C=O) groups excluding carboxylic acids is 2. The average molecular weight is 755 g/mol. The molecule has 0 radical (unpaired) electrons. The van der Waals surface area contributed by atoms with Crippen molar-refractivity contribution >= 4 is 22.6 Å². The predicted molar refractivity (Wildman–Crippen MR) is 208 cm³/mol. The molecule has 2 aliphatic rings. The van der Waals surface area contributed by atoms with Crippen LogP contribution in [0.3, 0.4) is 0 Å². The predicted octanol–water partition coefficient (Wildman–Crippen LogP) is 6.63. The number of aliphatic hydroxyl groups is 2. The molecule has 2 fully saturated rings. The summed E-state index contributed by atoms with van der Waals surface area (Å²) in [4.78, 5) is 40.2. The Morgan fingerprint density at radius 1 is 0.571 bits per heavy atom. The topological polar surface area (TPSA) is 159 Å². The summed E-state index contributed by atoms with van der Waals surface area (Å²) in [5.74, 6) is 1.36. The SMILES string of the molecule is O=C(c1ccc2cc(C(=O)N3C[C@H](O)C[C@H]3c3nc(CCCCc4ccccc4)no3)ccc2c1)N1C[C@H](O)C[C@H]1c1nc(CCCCc2ccccc2)no1. The van der Waals surface area contributed by atoms with Crippen LogP contribution < -0.4 is 0 Å². The van der Waals surface area contributed by atoms with Crippen LogP contribution in [0.2, 0.25) is 0 Å². The first-order chi connectivity index (χ1) is 27.4. The first-order valence-corrected chi connectivity index (χ1v) is 19.6. The number of hydrogen-bond acceptors (Lipinski definition) is 10. The number of carbonyl (C=O) groups is 2. The molecule has 56 heavy (non-hydrogen) atoms. The summed E-state index contributed by atoms with van der Waals surface area (Å²) in [5, 5.41) is 31.1. The number of aliphatic hydroxyl groups excluding tert-OH is 2. The molecule has 8 rings (SSSR count). The summed E-state index contributed by atoms with van der Waals surface area (Å²) in [7, 11) is 0. The Kier molecular flexibility index (Phi) is 11.3. The third-order valence-corrected chi connectivity index (χ3v) is 10.9. The fraction of sp³-hybridized carbons (Fsp3) is 0.364. The standard InChI is InChI=1S/C44H46N6O6/c51-35-25-37(41-45-39(47-55-41)17-9-7-15-29-11-3-1-4-12-29)49(27-35)43(53)33-21-19-32-24-34(22-20-31(32)23-33)44(54)50-28-36(52)26-38(50)42-46-40(48-56-42)18-10-8-16-30-13-5-2-6-14-30/h1-6,11-14,19-24,35-38,51-52H,7-10,15-18,25-28H2/t35-,36-,37+,38+/m1/s1. The van der Waals surface area contributed by atoms with E-state index in [-0.39, 0.29) is 24.9 Å². The van der Waals surface area contributed by atoms with Gasteiger partial charge in [0.15, 0.2) is 11.6 Å². The van der Waals surface area contributed by atoms with Gasteiger partial charge in [-0.15, -0.1) is 0 Å². The van der Waals surface area contributed by atoms with Crippen molar-refractivity contribution in [2.24, 2.45) is 0 Å². The number of amides is 2.